The van der Waals surface area contributed by atoms with Crippen LogP contribution in [-0.2, 0) is 11.3 Å². The normalized spacial score (nSPS) is 15.4. The molecule has 0 unspecified atom stereocenters. The molecule has 1 aliphatic heterocycles. The molecule has 0 saturated carbocycles. The van der Waals surface area contributed by atoms with E-state index in [-0.39, 0.29) is 17.0 Å². The Labute approximate surface area is 143 Å². The summed E-state index contributed by atoms with van der Waals surface area (Å²) in [6.45, 7) is 1.81. The number of hydrogen-bond donors (Lipinski definition) is 0. The van der Waals surface area contributed by atoms with Gasteiger partial charge in [-0.05, 0) is 18.4 Å². The highest BCUT2D eigenvalue weighted by atomic mass is 32.1. The van der Waals surface area contributed by atoms with Crippen LogP contribution >= 0.6 is 11.3 Å². The van der Waals surface area contributed by atoms with Crippen LogP contribution in [0.1, 0.15) is 28.8 Å². The molecular formula is C17H18N2O4S. The van der Waals surface area contributed by atoms with Crippen molar-refractivity contribution in [2.75, 3.05) is 13.1 Å². The molecule has 2 heterocycles. The molecular weight excluding hydrogens is 328 g/mol. The highest BCUT2D eigenvalue weighted by Crippen LogP contribution is 2.25. The highest BCUT2D eigenvalue weighted by Gasteiger charge is 2.25. The molecule has 126 valence electrons. The minimum absolute atomic E-state index is 0.000527. The second kappa shape index (κ2) is 7.55. The SMILES string of the molecule is O=C(c1csc([N+](=O)[O-])c1)N1CCC(OCc2ccccc2)CC1. The van der Waals surface area contributed by atoms with Gasteiger partial charge in [-0.1, -0.05) is 41.7 Å². The number of piperidine rings is 1. The third kappa shape index (κ3) is 3.98. The van der Waals surface area contributed by atoms with E-state index in [0.717, 1.165) is 29.7 Å². The van der Waals surface area contributed by atoms with Gasteiger partial charge in [-0.2, -0.15) is 0 Å². The summed E-state index contributed by atoms with van der Waals surface area (Å²) in [5, 5.41) is 12.3. The van der Waals surface area contributed by atoms with E-state index in [4.69, 9.17) is 4.74 Å². The van der Waals surface area contributed by atoms with Gasteiger partial charge in [-0.25, -0.2) is 0 Å². The van der Waals surface area contributed by atoms with Gasteiger partial charge in [-0.3, -0.25) is 14.9 Å². The molecule has 0 bridgehead atoms. The van der Waals surface area contributed by atoms with Crippen molar-refractivity contribution in [3.63, 3.8) is 0 Å². The smallest absolute Gasteiger partial charge is 0.324 e. The number of carbonyl (C=O) groups is 1. The van der Waals surface area contributed by atoms with Gasteiger partial charge < -0.3 is 9.64 Å². The van der Waals surface area contributed by atoms with E-state index in [1.165, 1.54) is 6.07 Å². The van der Waals surface area contributed by atoms with Gasteiger partial charge in [0.25, 0.3) is 5.91 Å². The lowest BCUT2D eigenvalue weighted by atomic mass is 10.1. The summed E-state index contributed by atoms with van der Waals surface area (Å²) >= 11 is 0.985. The molecule has 1 aromatic carbocycles. The van der Waals surface area contributed by atoms with E-state index in [1.807, 2.05) is 30.3 Å². The van der Waals surface area contributed by atoms with Gasteiger partial charge in [0.15, 0.2) is 0 Å². The van der Waals surface area contributed by atoms with Crippen LogP contribution in [0.2, 0.25) is 0 Å². The fraction of sp³-hybridized carbons (Fsp3) is 0.353. The molecule has 7 heteroatoms. The summed E-state index contributed by atoms with van der Waals surface area (Å²) in [7, 11) is 0. The van der Waals surface area contributed by atoms with Gasteiger partial charge in [0.1, 0.15) is 0 Å². The van der Waals surface area contributed by atoms with E-state index in [0.29, 0.717) is 25.3 Å². The molecule has 0 spiro atoms. The lowest BCUT2D eigenvalue weighted by Crippen LogP contribution is -2.40. The number of amides is 1. The van der Waals surface area contributed by atoms with Crippen LogP contribution in [0.4, 0.5) is 5.00 Å². The molecule has 1 fully saturated rings. The average Bonchev–Trinajstić information content (AvgIpc) is 3.11. The Balaban J connectivity index is 1.49. The van der Waals surface area contributed by atoms with Crippen molar-refractivity contribution in [1.29, 1.82) is 0 Å². The molecule has 24 heavy (non-hydrogen) atoms. The minimum atomic E-state index is -0.467. The Bertz CT molecular complexity index is 708. The van der Waals surface area contributed by atoms with Crippen molar-refractivity contribution in [3.05, 3.63) is 63.0 Å². The molecule has 0 atom stereocenters. The molecule has 1 amide bonds. The number of rotatable bonds is 5. The molecule has 1 saturated heterocycles. The predicted octanol–water partition coefficient (Wildman–Crippen LogP) is 3.48. The van der Waals surface area contributed by atoms with Crippen molar-refractivity contribution in [2.24, 2.45) is 0 Å². The average molecular weight is 346 g/mol. The first-order chi connectivity index (χ1) is 11.6. The first kappa shape index (κ1) is 16.6. The number of ether oxygens (including phenoxy) is 1. The predicted molar refractivity (Wildman–Crippen MR) is 91.1 cm³/mol. The van der Waals surface area contributed by atoms with Crippen LogP contribution in [0.25, 0.3) is 0 Å². The van der Waals surface area contributed by atoms with Gasteiger partial charge in [-0.15, -0.1) is 0 Å². The number of likely N-dealkylation sites (tertiary alicyclic amines) is 1. The van der Waals surface area contributed by atoms with Crippen LogP contribution in [0.3, 0.4) is 0 Å². The lowest BCUT2D eigenvalue weighted by Gasteiger charge is -2.31. The van der Waals surface area contributed by atoms with Crippen molar-refractivity contribution >= 4 is 22.2 Å². The third-order valence-electron chi connectivity index (χ3n) is 4.07. The fourth-order valence-corrected chi connectivity index (χ4v) is 3.43. The highest BCUT2D eigenvalue weighted by molar-refractivity contribution is 7.13. The fourth-order valence-electron chi connectivity index (χ4n) is 2.73. The number of nitro groups is 1. The second-order valence-electron chi connectivity index (χ2n) is 5.72. The van der Waals surface area contributed by atoms with Crippen LogP contribution in [0.5, 0.6) is 0 Å². The van der Waals surface area contributed by atoms with Gasteiger partial charge in [0.05, 0.1) is 23.2 Å². The summed E-state index contributed by atoms with van der Waals surface area (Å²) in [5.41, 5.74) is 1.54. The Morgan fingerprint density at radius 2 is 2.00 bits per heavy atom. The zero-order valence-electron chi connectivity index (χ0n) is 13.1. The lowest BCUT2D eigenvalue weighted by molar-refractivity contribution is -0.380. The number of hydrogen-bond acceptors (Lipinski definition) is 5. The summed E-state index contributed by atoms with van der Waals surface area (Å²) < 4.78 is 5.91. The van der Waals surface area contributed by atoms with Crippen LogP contribution in [0, 0.1) is 10.1 Å². The van der Waals surface area contributed by atoms with Crippen LogP contribution < -0.4 is 0 Å². The molecule has 1 aromatic heterocycles. The zero-order chi connectivity index (χ0) is 16.9. The maximum absolute atomic E-state index is 12.4. The maximum atomic E-state index is 12.4. The number of nitrogens with zero attached hydrogens (tertiary/aromatic N) is 2. The summed E-state index contributed by atoms with van der Waals surface area (Å²) in [6.07, 6.45) is 1.71. The Morgan fingerprint density at radius 1 is 1.29 bits per heavy atom. The van der Waals surface area contributed by atoms with Crippen molar-refractivity contribution in [3.8, 4) is 0 Å². The molecule has 0 aliphatic carbocycles. The van der Waals surface area contributed by atoms with Gasteiger partial charge in [0.2, 0.25) is 0 Å². The second-order valence-corrected chi connectivity index (χ2v) is 6.61. The van der Waals surface area contributed by atoms with E-state index in [1.54, 1.807) is 10.3 Å². The van der Waals surface area contributed by atoms with E-state index in [2.05, 4.69) is 0 Å². The largest absolute Gasteiger partial charge is 0.373 e. The molecule has 2 aromatic rings. The van der Waals surface area contributed by atoms with E-state index in [9.17, 15) is 14.9 Å². The summed E-state index contributed by atoms with van der Waals surface area (Å²) in [5.74, 6) is -0.138. The van der Waals surface area contributed by atoms with E-state index < -0.39 is 4.92 Å². The van der Waals surface area contributed by atoms with Crippen LogP contribution in [-0.4, -0.2) is 34.9 Å². The first-order valence-corrected chi connectivity index (χ1v) is 8.69. The Kier molecular flexibility index (Phi) is 5.22. The number of benzene rings is 1. The Morgan fingerprint density at radius 3 is 2.62 bits per heavy atom. The number of carbonyl (C=O) groups excluding carboxylic acids is 1. The Hall–Kier alpha value is -2.25. The quantitative estimate of drug-likeness (QED) is 0.614. The molecule has 0 N–H and O–H groups in total. The minimum Gasteiger partial charge on any atom is -0.373 e. The standard InChI is InChI=1S/C17H18N2O4S/c20-17(14-10-16(19(21)22)24-12-14)18-8-6-15(7-9-18)23-11-13-4-2-1-3-5-13/h1-5,10,12,15H,6-9,11H2. The summed E-state index contributed by atoms with van der Waals surface area (Å²) in [6, 6.07) is 11.4. The maximum Gasteiger partial charge on any atom is 0.324 e. The van der Waals surface area contributed by atoms with Gasteiger partial charge >= 0.3 is 5.00 Å². The van der Waals surface area contributed by atoms with Crippen LogP contribution in [0.15, 0.2) is 41.8 Å². The molecule has 6 nitrogen and oxygen atoms in total. The van der Waals surface area contributed by atoms with Crippen molar-refractivity contribution < 1.29 is 14.5 Å². The monoisotopic (exact) mass is 346 g/mol. The van der Waals surface area contributed by atoms with Crippen molar-refractivity contribution in [1.82, 2.24) is 4.90 Å². The summed E-state index contributed by atoms with van der Waals surface area (Å²) in [4.78, 5) is 24.4. The third-order valence-corrected chi connectivity index (χ3v) is 4.95. The zero-order valence-corrected chi connectivity index (χ0v) is 13.9. The first-order valence-electron chi connectivity index (χ1n) is 7.81. The number of thiophene rings is 1. The molecule has 1 aliphatic rings. The van der Waals surface area contributed by atoms with E-state index >= 15 is 0 Å². The van der Waals surface area contributed by atoms with Crippen molar-refractivity contribution in [2.45, 2.75) is 25.6 Å². The topological polar surface area (TPSA) is 72.7 Å². The van der Waals surface area contributed by atoms with Gasteiger partial charge in [0, 0.05) is 24.5 Å². The molecule has 3 rings (SSSR count). The molecule has 0 radical (unpaired) electrons.